The molecule has 0 atom stereocenters. The quantitative estimate of drug-likeness (QED) is 0.241. The summed E-state index contributed by atoms with van der Waals surface area (Å²) in [6.45, 7) is 4.29. The van der Waals surface area contributed by atoms with Crippen LogP contribution in [0, 0.1) is 18.3 Å². The maximum atomic E-state index is 4.90. The van der Waals surface area contributed by atoms with E-state index in [4.69, 9.17) is 6.42 Å². The van der Waals surface area contributed by atoms with E-state index in [0.717, 1.165) is 0 Å². The van der Waals surface area contributed by atoms with E-state index >= 15 is 0 Å². The Morgan fingerprint density at radius 1 is 1.78 bits per heavy atom. The molecule has 0 saturated carbocycles. The fourth-order valence-electron chi connectivity index (χ4n) is 0.239. The highest BCUT2D eigenvalue weighted by molar-refractivity contribution is 5.58. The topological polar surface area (TPSA) is 21.6 Å². The maximum absolute atomic E-state index is 4.90. The van der Waals surface area contributed by atoms with Crippen molar-refractivity contribution < 1.29 is 4.84 Å². The molecular formula is C7H11NO. The lowest BCUT2D eigenvalue weighted by Gasteiger charge is -1.91. The van der Waals surface area contributed by atoms with Crippen molar-refractivity contribution in [2.24, 2.45) is 11.1 Å². The zero-order valence-electron chi connectivity index (χ0n) is 5.79. The van der Waals surface area contributed by atoms with Gasteiger partial charge in [0.05, 0.1) is 0 Å². The molecule has 0 N–H and O–H groups in total. The van der Waals surface area contributed by atoms with Crippen LogP contribution in [0.25, 0.3) is 0 Å². The molecule has 0 saturated heterocycles. The van der Waals surface area contributed by atoms with Gasteiger partial charge in [0.2, 0.25) is 0 Å². The first kappa shape index (κ1) is 8.03. The summed E-state index contributed by atoms with van der Waals surface area (Å²) in [6, 6.07) is 0. The van der Waals surface area contributed by atoms with E-state index in [0.29, 0.717) is 5.92 Å². The molecular weight excluding hydrogens is 114 g/mol. The Morgan fingerprint density at radius 3 is 2.89 bits per heavy atom. The predicted molar refractivity (Wildman–Crippen MR) is 38.1 cm³/mol. The molecule has 50 valence electrons. The zero-order chi connectivity index (χ0) is 7.11. The van der Waals surface area contributed by atoms with Gasteiger partial charge in [-0.3, -0.25) is 0 Å². The molecule has 0 unspecified atom stereocenters. The van der Waals surface area contributed by atoms with Gasteiger partial charge < -0.3 is 4.84 Å². The van der Waals surface area contributed by atoms with Crippen molar-refractivity contribution in [2.45, 2.75) is 13.8 Å². The van der Waals surface area contributed by atoms with Crippen LogP contribution in [0.3, 0.4) is 0 Å². The molecule has 0 aliphatic carbocycles. The fraction of sp³-hybridized carbons (Fsp3) is 0.571. The van der Waals surface area contributed by atoms with Crippen LogP contribution in [0.15, 0.2) is 5.16 Å². The van der Waals surface area contributed by atoms with Crippen molar-refractivity contribution in [1.29, 1.82) is 0 Å². The van der Waals surface area contributed by atoms with E-state index < -0.39 is 0 Å². The molecule has 0 aromatic heterocycles. The lowest BCUT2D eigenvalue weighted by Crippen LogP contribution is -1.89. The van der Waals surface area contributed by atoms with Gasteiger partial charge in [-0.1, -0.05) is 24.9 Å². The minimum atomic E-state index is 0.253. The summed E-state index contributed by atoms with van der Waals surface area (Å²) in [5.74, 6) is 2.72. The Balaban J connectivity index is 3.17. The van der Waals surface area contributed by atoms with Crippen molar-refractivity contribution in [3.05, 3.63) is 0 Å². The third-order valence-electron chi connectivity index (χ3n) is 0.581. The normalized spacial score (nSPS) is 10.0. The third-order valence-corrected chi connectivity index (χ3v) is 0.581. The standard InChI is InChI=1S/C7H11NO/c1-4-5-9-8-6-7(2)3/h1,6-7H,5H2,2-3H3/b8-6+. The molecule has 0 spiro atoms. The minimum absolute atomic E-state index is 0.253. The van der Waals surface area contributed by atoms with Crippen LogP contribution in [0.2, 0.25) is 0 Å². The van der Waals surface area contributed by atoms with Crippen LogP contribution >= 0.6 is 0 Å². The van der Waals surface area contributed by atoms with Crippen LogP contribution in [0.5, 0.6) is 0 Å². The van der Waals surface area contributed by atoms with Gasteiger partial charge in [0.25, 0.3) is 0 Å². The molecule has 0 amide bonds. The van der Waals surface area contributed by atoms with E-state index in [-0.39, 0.29) is 6.61 Å². The van der Waals surface area contributed by atoms with Crippen molar-refractivity contribution in [3.63, 3.8) is 0 Å². The van der Waals surface area contributed by atoms with Gasteiger partial charge in [-0.2, -0.15) is 0 Å². The minimum Gasteiger partial charge on any atom is -0.383 e. The van der Waals surface area contributed by atoms with Crippen LogP contribution in [-0.4, -0.2) is 12.8 Å². The molecule has 9 heavy (non-hydrogen) atoms. The Bertz CT molecular complexity index is 121. The second kappa shape index (κ2) is 5.17. The lowest BCUT2D eigenvalue weighted by atomic mass is 10.3. The number of terminal acetylenes is 1. The molecule has 2 heteroatoms. The molecule has 0 aliphatic heterocycles. The van der Waals surface area contributed by atoms with Crippen molar-refractivity contribution in [1.82, 2.24) is 0 Å². The van der Waals surface area contributed by atoms with E-state index in [1.165, 1.54) is 0 Å². The first-order chi connectivity index (χ1) is 4.27. The Hall–Kier alpha value is -0.970. The predicted octanol–water partition coefficient (Wildman–Crippen LogP) is 1.28. The summed E-state index contributed by atoms with van der Waals surface area (Å²) in [7, 11) is 0. The molecule has 2 nitrogen and oxygen atoms in total. The van der Waals surface area contributed by atoms with Gasteiger partial charge in [-0.05, 0) is 5.92 Å². The van der Waals surface area contributed by atoms with Gasteiger partial charge in [0.15, 0.2) is 6.61 Å². The Morgan fingerprint density at radius 2 is 2.44 bits per heavy atom. The monoisotopic (exact) mass is 125 g/mol. The average molecular weight is 125 g/mol. The van der Waals surface area contributed by atoms with E-state index in [1.54, 1.807) is 6.21 Å². The highest BCUT2D eigenvalue weighted by atomic mass is 16.6. The summed E-state index contributed by atoms with van der Waals surface area (Å²) in [5, 5.41) is 3.59. The molecule has 0 radical (unpaired) electrons. The largest absolute Gasteiger partial charge is 0.383 e. The van der Waals surface area contributed by atoms with Gasteiger partial charge in [-0.15, -0.1) is 6.42 Å². The number of hydrogen-bond donors (Lipinski definition) is 0. The average Bonchev–Trinajstić information content (AvgIpc) is 1.80. The second-order valence-corrected chi connectivity index (χ2v) is 1.98. The zero-order valence-corrected chi connectivity index (χ0v) is 5.79. The van der Waals surface area contributed by atoms with E-state index in [9.17, 15) is 0 Å². The number of oxime groups is 1. The second-order valence-electron chi connectivity index (χ2n) is 1.98. The van der Waals surface area contributed by atoms with Gasteiger partial charge in [0, 0.05) is 6.21 Å². The van der Waals surface area contributed by atoms with E-state index in [1.807, 2.05) is 13.8 Å². The summed E-state index contributed by atoms with van der Waals surface area (Å²) in [5.41, 5.74) is 0. The number of nitrogens with zero attached hydrogens (tertiary/aromatic N) is 1. The molecule has 0 bridgehead atoms. The Kier molecular flexibility index (Phi) is 4.61. The summed E-state index contributed by atoms with van der Waals surface area (Å²) < 4.78 is 0. The molecule has 0 aromatic rings. The first-order valence-corrected chi connectivity index (χ1v) is 2.86. The fourth-order valence-corrected chi connectivity index (χ4v) is 0.239. The molecule has 0 rings (SSSR count). The van der Waals surface area contributed by atoms with Crippen LogP contribution in [0.4, 0.5) is 0 Å². The van der Waals surface area contributed by atoms with Crippen molar-refractivity contribution in [3.8, 4) is 12.3 Å². The van der Waals surface area contributed by atoms with Crippen molar-refractivity contribution >= 4 is 6.21 Å². The number of hydrogen-bond acceptors (Lipinski definition) is 2. The third kappa shape index (κ3) is 7.03. The van der Waals surface area contributed by atoms with E-state index in [2.05, 4.69) is 15.9 Å². The Labute approximate surface area is 55.9 Å². The van der Waals surface area contributed by atoms with Crippen LogP contribution < -0.4 is 0 Å². The summed E-state index contributed by atoms with van der Waals surface area (Å²) >= 11 is 0. The smallest absolute Gasteiger partial charge is 0.177 e. The highest BCUT2D eigenvalue weighted by Gasteiger charge is 1.82. The number of rotatable bonds is 3. The van der Waals surface area contributed by atoms with Crippen LogP contribution in [0.1, 0.15) is 13.8 Å². The summed E-state index contributed by atoms with van der Waals surface area (Å²) in [6.07, 6.45) is 6.60. The van der Waals surface area contributed by atoms with Crippen molar-refractivity contribution in [2.75, 3.05) is 6.61 Å². The summed E-state index contributed by atoms with van der Waals surface area (Å²) in [4.78, 5) is 4.63. The van der Waals surface area contributed by atoms with Crippen LogP contribution in [-0.2, 0) is 4.84 Å². The molecule has 0 fully saturated rings. The first-order valence-electron chi connectivity index (χ1n) is 2.86. The molecule has 0 aliphatic rings. The molecule has 0 heterocycles. The molecule has 0 aromatic carbocycles. The highest BCUT2D eigenvalue weighted by Crippen LogP contribution is 1.84. The van der Waals surface area contributed by atoms with Gasteiger partial charge in [-0.25, -0.2) is 0 Å². The van der Waals surface area contributed by atoms with Gasteiger partial charge >= 0.3 is 0 Å². The lowest BCUT2D eigenvalue weighted by molar-refractivity contribution is 0.180. The van der Waals surface area contributed by atoms with Gasteiger partial charge in [0.1, 0.15) is 0 Å². The SMILES string of the molecule is C#CCO/N=C/C(C)C. The maximum Gasteiger partial charge on any atom is 0.177 e.